The summed E-state index contributed by atoms with van der Waals surface area (Å²) in [5, 5.41) is 17.5. The lowest BCUT2D eigenvalue weighted by Gasteiger charge is -2.00. The lowest BCUT2D eigenvalue weighted by atomic mass is 10.2. The summed E-state index contributed by atoms with van der Waals surface area (Å²) < 4.78 is 16.4. The molecule has 21 heavy (non-hydrogen) atoms. The molecule has 4 nitrogen and oxygen atoms in total. The first kappa shape index (κ1) is 13.1. The second-order valence-electron chi connectivity index (χ2n) is 4.26. The van der Waals surface area contributed by atoms with Crippen LogP contribution in [0.5, 0.6) is 0 Å². The van der Waals surface area contributed by atoms with E-state index in [-0.39, 0.29) is 5.82 Å². The maximum atomic E-state index is 14.0. The van der Waals surface area contributed by atoms with E-state index in [1.165, 1.54) is 17.4 Å². The molecule has 8 heteroatoms. The van der Waals surface area contributed by atoms with Gasteiger partial charge in [0.05, 0.1) is 5.56 Å². The average molecular weight is 381 g/mol. The van der Waals surface area contributed by atoms with Gasteiger partial charge >= 0.3 is 0 Å². The smallest absolute Gasteiger partial charge is 0.206 e. The number of hydrogen-bond donors (Lipinski definition) is 0. The van der Waals surface area contributed by atoms with Crippen LogP contribution in [0, 0.1) is 5.82 Å². The van der Waals surface area contributed by atoms with E-state index in [0.717, 1.165) is 15.0 Å². The molecule has 104 valence electrons. The van der Waals surface area contributed by atoms with E-state index < -0.39 is 0 Å². The Morgan fingerprint density at radius 2 is 2.10 bits per heavy atom. The van der Waals surface area contributed by atoms with Crippen LogP contribution in [0.2, 0.25) is 0 Å². The summed E-state index contributed by atoms with van der Waals surface area (Å²) in [6.07, 6.45) is 0. The fourth-order valence-corrected chi connectivity index (χ4v) is 3.87. The molecule has 0 radical (unpaired) electrons. The van der Waals surface area contributed by atoms with Crippen molar-refractivity contribution in [3.63, 3.8) is 0 Å². The first-order chi connectivity index (χ1) is 10.2. The summed E-state index contributed by atoms with van der Waals surface area (Å²) in [4.78, 5) is 0.644. The van der Waals surface area contributed by atoms with Crippen LogP contribution in [-0.4, -0.2) is 19.8 Å². The Morgan fingerprint density at radius 3 is 2.90 bits per heavy atom. The quantitative estimate of drug-likeness (QED) is 0.514. The molecule has 0 amide bonds. The van der Waals surface area contributed by atoms with Crippen molar-refractivity contribution in [1.82, 2.24) is 19.8 Å². The van der Waals surface area contributed by atoms with Crippen LogP contribution in [0.4, 0.5) is 4.39 Å². The fraction of sp³-hybridized carbons (Fsp3) is 0. The van der Waals surface area contributed by atoms with Crippen LogP contribution in [-0.2, 0) is 0 Å². The van der Waals surface area contributed by atoms with Gasteiger partial charge in [0, 0.05) is 15.4 Å². The fourth-order valence-electron chi connectivity index (χ4n) is 1.96. The van der Waals surface area contributed by atoms with Crippen molar-refractivity contribution in [2.45, 2.75) is 0 Å². The molecule has 4 rings (SSSR count). The van der Waals surface area contributed by atoms with Gasteiger partial charge in [0.1, 0.15) is 10.8 Å². The van der Waals surface area contributed by atoms with Crippen molar-refractivity contribution in [3.8, 4) is 22.0 Å². The Morgan fingerprint density at radius 1 is 1.19 bits per heavy atom. The van der Waals surface area contributed by atoms with Crippen molar-refractivity contribution in [3.05, 3.63) is 45.3 Å². The van der Waals surface area contributed by atoms with Gasteiger partial charge in [-0.3, -0.25) is 0 Å². The van der Waals surface area contributed by atoms with E-state index in [9.17, 15) is 4.39 Å². The van der Waals surface area contributed by atoms with E-state index in [4.69, 9.17) is 0 Å². The largest absolute Gasteiger partial charge is 0.235 e. The van der Waals surface area contributed by atoms with Gasteiger partial charge < -0.3 is 0 Å². The van der Waals surface area contributed by atoms with Crippen LogP contribution < -0.4 is 0 Å². The maximum absolute atomic E-state index is 14.0. The first-order valence-corrected chi connectivity index (χ1v) is 8.48. The highest BCUT2D eigenvalue weighted by atomic mass is 79.9. The van der Waals surface area contributed by atoms with Crippen LogP contribution in [0.25, 0.3) is 26.9 Å². The van der Waals surface area contributed by atoms with Gasteiger partial charge in [-0.25, -0.2) is 4.39 Å². The molecule has 0 saturated carbocycles. The van der Waals surface area contributed by atoms with Crippen LogP contribution >= 0.6 is 38.6 Å². The maximum Gasteiger partial charge on any atom is 0.235 e. The molecule has 0 bridgehead atoms. The number of rotatable bonds is 2. The number of thiophene rings is 1. The number of benzene rings is 1. The van der Waals surface area contributed by atoms with Crippen molar-refractivity contribution in [2.24, 2.45) is 0 Å². The Balaban J connectivity index is 1.92. The van der Waals surface area contributed by atoms with Crippen LogP contribution in [0.1, 0.15) is 0 Å². The van der Waals surface area contributed by atoms with Gasteiger partial charge in [0.15, 0.2) is 5.82 Å². The molecular weight excluding hydrogens is 375 g/mol. The van der Waals surface area contributed by atoms with Crippen molar-refractivity contribution < 1.29 is 4.39 Å². The predicted octanol–water partition coefficient (Wildman–Crippen LogP) is 4.48. The van der Waals surface area contributed by atoms with E-state index in [1.54, 1.807) is 28.0 Å². The molecule has 0 saturated heterocycles. The summed E-state index contributed by atoms with van der Waals surface area (Å²) in [6, 6.07) is 6.71. The van der Waals surface area contributed by atoms with Gasteiger partial charge in [-0.15, -0.1) is 10.2 Å². The summed E-state index contributed by atoms with van der Waals surface area (Å²) in [6.45, 7) is 0. The van der Waals surface area contributed by atoms with Gasteiger partial charge in [0.2, 0.25) is 4.96 Å². The van der Waals surface area contributed by atoms with E-state index in [1.807, 2.05) is 16.8 Å². The molecule has 3 heterocycles. The molecule has 0 aliphatic rings. The molecule has 4 aromatic rings. The zero-order valence-corrected chi connectivity index (χ0v) is 13.5. The average Bonchev–Trinajstić information content (AvgIpc) is 3.15. The van der Waals surface area contributed by atoms with E-state index in [2.05, 4.69) is 31.2 Å². The lowest BCUT2D eigenvalue weighted by molar-refractivity contribution is 0.629. The van der Waals surface area contributed by atoms with Crippen molar-refractivity contribution in [1.29, 1.82) is 0 Å². The third-order valence-electron chi connectivity index (χ3n) is 2.93. The zero-order valence-electron chi connectivity index (χ0n) is 10.3. The Kier molecular flexibility index (Phi) is 3.09. The normalized spacial score (nSPS) is 11.3. The molecule has 0 N–H and O–H groups in total. The molecule has 0 unspecified atom stereocenters. The highest BCUT2D eigenvalue weighted by Gasteiger charge is 2.17. The number of halogens is 2. The van der Waals surface area contributed by atoms with Crippen molar-refractivity contribution in [2.75, 3.05) is 0 Å². The van der Waals surface area contributed by atoms with Crippen LogP contribution in [0.15, 0.2) is 39.5 Å². The Labute approximate surface area is 135 Å². The minimum Gasteiger partial charge on any atom is -0.206 e. The summed E-state index contributed by atoms with van der Waals surface area (Å²) in [5.41, 5.74) is 1.41. The van der Waals surface area contributed by atoms with Gasteiger partial charge in [-0.1, -0.05) is 27.3 Å². The molecular formula is C13H6BrFN4S2. The van der Waals surface area contributed by atoms with E-state index >= 15 is 0 Å². The van der Waals surface area contributed by atoms with E-state index in [0.29, 0.717) is 16.3 Å². The number of aromatic nitrogens is 4. The molecule has 0 aliphatic carbocycles. The second-order valence-corrected chi connectivity index (χ2v) is 6.91. The van der Waals surface area contributed by atoms with Gasteiger partial charge in [-0.05, 0) is 29.6 Å². The monoisotopic (exact) mass is 380 g/mol. The lowest BCUT2D eigenvalue weighted by Crippen LogP contribution is -1.93. The molecule has 0 spiro atoms. The van der Waals surface area contributed by atoms with Crippen molar-refractivity contribution >= 4 is 43.6 Å². The van der Waals surface area contributed by atoms with Gasteiger partial charge in [-0.2, -0.15) is 21.0 Å². The molecule has 0 aliphatic heterocycles. The minimum absolute atomic E-state index is 0.349. The van der Waals surface area contributed by atoms with Gasteiger partial charge in [0.25, 0.3) is 0 Å². The summed E-state index contributed by atoms with van der Waals surface area (Å²) in [5.74, 6) is 0.0547. The minimum atomic E-state index is -0.349. The highest BCUT2D eigenvalue weighted by Crippen LogP contribution is 2.30. The third-order valence-corrected chi connectivity index (χ3v) is 5.05. The first-order valence-electron chi connectivity index (χ1n) is 5.92. The third kappa shape index (κ3) is 2.19. The summed E-state index contributed by atoms with van der Waals surface area (Å²) >= 11 is 6.38. The van der Waals surface area contributed by atoms with Crippen LogP contribution in [0.3, 0.4) is 0 Å². The Bertz CT molecular complexity index is 929. The molecule has 0 atom stereocenters. The molecule has 3 aromatic heterocycles. The highest BCUT2D eigenvalue weighted by molar-refractivity contribution is 9.10. The zero-order chi connectivity index (χ0) is 14.4. The number of nitrogens with zero attached hydrogens (tertiary/aromatic N) is 4. The predicted molar refractivity (Wildman–Crippen MR) is 85.1 cm³/mol. The topological polar surface area (TPSA) is 43.1 Å². The standard InChI is InChI=1S/C13H6BrFN4S2/c14-8-1-2-10(15)9(5-8)11-16-17-13-19(11)18-12(21-13)7-3-4-20-6-7/h1-6H. The second kappa shape index (κ2) is 4.97. The summed E-state index contributed by atoms with van der Waals surface area (Å²) in [7, 11) is 0. The molecule has 0 fully saturated rings. The SMILES string of the molecule is Fc1ccc(Br)cc1-c1nnc2sc(-c3ccsc3)nn12. The number of hydrogen-bond acceptors (Lipinski definition) is 5. The Hall–Kier alpha value is -1.64. The number of fused-ring (bicyclic) bond motifs is 1. The molecule has 1 aromatic carbocycles.